The number of nitrogens with one attached hydrogen (secondary N) is 2. The van der Waals surface area contributed by atoms with Crippen LogP contribution >= 0.6 is 0 Å². The highest BCUT2D eigenvalue weighted by molar-refractivity contribution is 5.45. The maximum atomic E-state index is 5.43. The highest BCUT2D eigenvalue weighted by atomic mass is 16.5. The summed E-state index contributed by atoms with van der Waals surface area (Å²) < 4.78 is 5.43. The molecule has 0 unspecified atom stereocenters. The predicted octanol–water partition coefficient (Wildman–Crippen LogP) is 1.75. The van der Waals surface area contributed by atoms with Crippen LogP contribution in [0.5, 0.6) is 0 Å². The van der Waals surface area contributed by atoms with E-state index in [9.17, 15) is 0 Å². The predicted molar refractivity (Wildman–Crippen MR) is 65.8 cm³/mol. The number of hydrogen-bond acceptors (Lipinski definition) is 5. The molecule has 2 N–H and O–H groups in total. The summed E-state index contributed by atoms with van der Waals surface area (Å²) in [5.41, 5.74) is 0. The molecule has 1 heterocycles. The van der Waals surface area contributed by atoms with Gasteiger partial charge < -0.3 is 15.4 Å². The van der Waals surface area contributed by atoms with Crippen LogP contribution in [0.3, 0.4) is 0 Å². The highest BCUT2D eigenvalue weighted by Gasteiger charge is 1.95. The van der Waals surface area contributed by atoms with Crippen molar-refractivity contribution in [2.75, 3.05) is 37.4 Å². The van der Waals surface area contributed by atoms with Gasteiger partial charge in [-0.2, -0.15) is 0 Å². The van der Waals surface area contributed by atoms with Crippen molar-refractivity contribution in [1.29, 1.82) is 0 Å². The van der Waals surface area contributed by atoms with Gasteiger partial charge in [0, 0.05) is 26.3 Å². The lowest BCUT2D eigenvalue weighted by Crippen LogP contribution is -2.11. The second-order valence-electron chi connectivity index (χ2n) is 3.43. The summed E-state index contributed by atoms with van der Waals surface area (Å²) >= 11 is 0. The summed E-state index contributed by atoms with van der Waals surface area (Å²) in [6.07, 6.45) is 3.83. The van der Waals surface area contributed by atoms with E-state index < -0.39 is 0 Å². The van der Waals surface area contributed by atoms with Gasteiger partial charge in [-0.1, -0.05) is 13.3 Å². The zero-order chi connectivity index (χ0) is 11.6. The third-order valence-corrected chi connectivity index (χ3v) is 2.12. The van der Waals surface area contributed by atoms with Gasteiger partial charge in [-0.25, -0.2) is 9.97 Å². The van der Waals surface area contributed by atoms with Gasteiger partial charge in [0.2, 0.25) is 0 Å². The number of unbranched alkanes of at least 4 members (excludes halogenated alkanes) is 1. The molecule has 0 aliphatic rings. The fourth-order valence-electron chi connectivity index (χ4n) is 1.19. The second kappa shape index (κ2) is 7.87. The molecule has 0 bridgehead atoms. The van der Waals surface area contributed by atoms with Crippen molar-refractivity contribution in [3.05, 3.63) is 12.4 Å². The molecule has 0 aliphatic carbocycles. The normalized spacial score (nSPS) is 10.1. The first-order valence-electron chi connectivity index (χ1n) is 5.68. The van der Waals surface area contributed by atoms with E-state index >= 15 is 0 Å². The van der Waals surface area contributed by atoms with Gasteiger partial charge in [-0.15, -0.1) is 0 Å². The Morgan fingerprint density at radius 1 is 1.25 bits per heavy atom. The zero-order valence-electron chi connectivity index (χ0n) is 9.99. The summed E-state index contributed by atoms with van der Waals surface area (Å²) in [6, 6.07) is 1.87. The first-order chi connectivity index (χ1) is 7.86. The average molecular weight is 224 g/mol. The van der Waals surface area contributed by atoms with Crippen LogP contribution in [0.15, 0.2) is 12.4 Å². The largest absolute Gasteiger partial charge is 0.380 e. The summed E-state index contributed by atoms with van der Waals surface area (Å²) in [5.74, 6) is 1.63. The van der Waals surface area contributed by atoms with Crippen LogP contribution in [-0.2, 0) is 4.74 Å². The van der Waals surface area contributed by atoms with Gasteiger partial charge in [0.05, 0.1) is 6.61 Å². The van der Waals surface area contributed by atoms with E-state index in [0.29, 0.717) is 6.61 Å². The van der Waals surface area contributed by atoms with E-state index in [-0.39, 0.29) is 0 Å². The molecule has 0 spiro atoms. The number of nitrogens with zero attached hydrogens (tertiary/aromatic N) is 2. The van der Waals surface area contributed by atoms with Crippen molar-refractivity contribution in [1.82, 2.24) is 9.97 Å². The summed E-state index contributed by atoms with van der Waals surface area (Å²) in [7, 11) is 1.83. The van der Waals surface area contributed by atoms with Crippen molar-refractivity contribution < 1.29 is 4.74 Å². The molecule has 0 fully saturated rings. The van der Waals surface area contributed by atoms with Gasteiger partial charge in [0.15, 0.2) is 0 Å². The Kier molecular flexibility index (Phi) is 6.25. The maximum absolute atomic E-state index is 5.43. The Morgan fingerprint density at radius 3 is 2.81 bits per heavy atom. The highest BCUT2D eigenvalue weighted by Crippen LogP contribution is 2.06. The summed E-state index contributed by atoms with van der Waals surface area (Å²) in [4.78, 5) is 8.14. The molecule has 0 amide bonds. The van der Waals surface area contributed by atoms with Crippen molar-refractivity contribution in [2.24, 2.45) is 0 Å². The number of anilines is 2. The van der Waals surface area contributed by atoms with Crippen LogP contribution in [0.4, 0.5) is 11.6 Å². The first-order valence-corrected chi connectivity index (χ1v) is 5.68. The Balaban J connectivity index is 2.16. The lowest BCUT2D eigenvalue weighted by molar-refractivity contribution is 0.141. The van der Waals surface area contributed by atoms with E-state index in [1.54, 1.807) is 0 Å². The quantitative estimate of drug-likeness (QED) is 0.659. The van der Waals surface area contributed by atoms with E-state index in [1.165, 1.54) is 12.7 Å². The number of ether oxygens (including phenoxy) is 1. The molecule has 1 aromatic rings. The second-order valence-corrected chi connectivity index (χ2v) is 3.43. The minimum absolute atomic E-state index is 0.707. The van der Waals surface area contributed by atoms with Gasteiger partial charge in [-0.05, 0) is 6.42 Å². The molecule has 0 aromatic carbocycles. The summed E-state index contributed by atoms with van der Waals surface area (Å²) in [6.45, 7) is 4.47. The molecule has 5 nitrogen and oxygen atoms in total. The molecule has 0 atom stereocenters. The minimum Gasteiger partial charge on any atom is -0.380 e. The number of rotatable bonds is 8. The molecule has 16 heavy (non-hydrogen) atoms. The lowest BCUT2D eigenvalue weighted by Gasteiger charge is -2.07. The van der Waals surface area contributed by atoms with Crippen LogP contribution in [0.2, 0.25) is 0 Å². The Bertz CT molecular complexity index is 293. The Labute approximate surface area is 96.6 Å². The molecule has 0 radical (unpaired) electrons. The van der Waals surface area contributed by atoms with E-state index in [0.717, 1.165) is 31.2 Å². The molecule has 0 saturated carbocycles. The molecule has 0 saturated heterocycles. The topological polar surface area (TPSA) is 59.1 Å². The number of aromatic nitrogens is 2. The Hall–Kier alpha value is -1.36. The van der Waals surface area contributed by atoms with Crippen LogP contribution in [0.25, 0.3) is 0 Å². The van der Waals surface area contributed by atoms with Crippen molar-refractivity contribution in [3.63, 3.8) is 0 Å². The maximum Gasteiger partial charge on any atom is 0.131 e. The smallest absolute Gasteiger partial charge is 0.131 e. The SMILES string of the molecule is CCCCOCCNc1cc(NC)ncn1. The van der Waals surface area contributed by atoms with Crippen molar-refractivity contribution in [3.8, 4) is 0 Å². The van der Waals surface area contributed by atoms with Crippen molar-refractivity contribution >= 4 is 11.6 Å². The zero-order valence-corrected chi connectivity index (χ0v) is 9.99. The standard InChI is InChI=1S/C11H20N4O/c1-3-4-6-16-7-5-13-11-8-10(12-2)14-9-15-11/h8-9H,3-7H2,1-2H3,(H2,12,13,14,15). The Morgan fingerprint density at radius 2 is 2.06 bits per heavy atom. The third-order valence-electron chi connectivity index (χ3n) is 2.12. The molecule has 90 valence electrons. The number of hydrogen-bond donors (Lipinski definition) is 2. The molecular weight excluding hydrogens is 204 g/mol. The molecule has 1 aromatic heterocycles. The van der Waals surface area contributed by atoms with Crippen molar-refractivity contribution in [2.45, 2.75) is 19.8 Å². The third kappa shape index (κ3) is 4.93. The van der Waals surface area contributed by atoms with E-state index in [1.807, 2.05) is 13.1 Å². The molecular formula is C11H20N4O. The first kappa shape index (κ1) is 12.7. The van der Waals surface area contributed by atoms with Gasteiger partial charge in [-0.3, -0.25) is 0 Å². The fourth-order valence-corrected chi connectivity index (χ4v) is 1.19. The van der Waals surface area contributed by atoms with Crippen LogP contribution in [-0.4, -0.2) is 36.8 Å². The molecule has 1 rings (SSSR count). The monoisotopic (exact) mass is 224 g/mol. The van der Waals surface area contributed by atoms with Crippen LogP contribution in [0, 0.1) is 0 Å². The fraction of sp³-hybridized carbons (Fsp3) is 0.636. The van der Waals surface area contributed by atoms with E-state index in [4.69, 9.17) is 4.74 Å². The minimum atomic E-state index is 0.707. The van der Waals surface area contributed by atoms with E-state index in [2.05, 4.69) is 27.5 Å². The average Bonchev–Trinajstić information content (AvgIpc) is 2.34. The molecule has 5 heteroatoms. The van der Waals surface area contributed by atoms with Crippen LogP contribution in [0.1, 0.15) is 19.8 Å². The molecule has 0 aliphatic heterocycles. The summed E-state index contributed by atoms with van der Waals surface area (Å²) in [5, 5.41) is 6.14. The lowest BCUT2D eigenvalue weighted by atomic mass is 10.4. The van der Waals surface area contributed by atoms with Gasteiger partial charge >= 0.3 is 0 Å². The van der Waals surface area contributed by atoms with Gasteiger partial charge in [0.25, 0.3) is 0 Å². The van der Waals surface area contributed by atoms with Gasteiger partial charge in [0.1, 0.15) is 18.0 Å². The van der Waals surface area contributed by atoms with Crippen LogP contribution < -0.4 is 10.6 Å².